The Labute approximate surface area is 168 Å². The van der Waals surface area contributed by atoms with Gasteiger partial charge in [0.25, 0.3) is 11.5 Å². The number of hydrogen-bond donors (Lipinski definition) is 2. The van der Waals surface area contributed by atoms with Crippen LogP contribution in [0.25, 0.3) is 16.6 Å². The molecule has 0 bridgehead atoms. The number of H-pyrrole nitrogens is 1. The molecule has 144 valence electrons. The summed E-state index contributed by atoms with van der Waals surface area (Å²) in [5.74, 6) is 0.459. The molecule has 1 aliphatic rings. The second-order valence-corrected chi connectivity index (χ2v) is 7.77. The molecule has 0 spiro atoms. The molecule has 3 aromatic rings. The molecule has 2 N–H and O–H groups in total. The number of fused-ring (bicyclic) bond motifs is 1. The minimum absolute atomic E-state index is 0.112. The van der Waals surface area contributed by atoms with Gasteiger partial charge in [-0.05, 0) is 61.3 Å². The fraction of sp³-hybridized carbons (Fsp3) is 0.318. The third-order valence-electron chi connectivity index (χ3n) is 5.45. The number of carbonyl (C=O) groups is 1. The highest BCUT2D eigenvalue weighted by Crippen LogP contribution is 2.23. The van der Waals surface area contributed by atoms with E-state index in [9.17, 15) is 9.59 Å². The Kier molecular flexibility index (Phi) is 5.39. The molecule has 0 aliphatic heterocycles. The van der Waals surface area contributed by atoms with Crippen LogP contribution in [0.2, 0.25) is 0 Å². The van der Waals surface area contributed by atoms with Crippen LogP contribution in [0, 0.1) is 10.7 Å². The number of nitrogens with zero attached hydrogens (tertiary/aromatic N) is 1. The molecule has 28 heavy (non-hydrogen) atoms. The molecule has 0 atom stereocenters. The van der Waals surface area contributed by atoms with E-state index < -0.39 is 0 Å². The molecule has 1 aromatic heterocycles. The van der Waals surface area contributed by atoms with Crippen molar-refractivity contribution in [2.45, 2.75) is 32.1 Å². The summed E-state index contributed by atoms with van der Waals surface area (Å²) >= 11 is 5.40. The summed E-state index contributed by atoms with van der Waals surface area (Å²) in [5, 5.41) is 3.54. The van der Waals surface area contributed by atoms with Crippen LogP contribution < -0.4 is 10.9 Å². The number of hydrogen-bond acceptors (Lipinski definition) is 3. The zero-order valence-corrected chi connectivity index (χ0v) is 16.4. The third-order valence-corrected chi connectivity index (χ3v) is 5.74. The predicted octanol–water partition coefficient (Wildman–Crippen LogP) is 4.36. The smallest absolute Gasteiger partial charge is 0.266 e. The molecule has 1 saturated carbocycles. The van der Waals surface area contributed by atoms with Gasteiger partial charge >= 0.3 is 0 Å². The first-order valence-electron chi connectivity index (χ1n) is 9.76. The van der Waals surface area contributed by atoms with E-state index in [2.05, 4.69) is 10.3 Å². The molecule has 0 radical (unpaired) electrons. The predicted molar refractivity (Wildman–Crippen MR) is 114 cm³/mol. The van der Waals surface area contributed by atoms with Crippen LogP contribution in [0.3, 0.4) is 0 Å². The Morgan fingerprint density at radius 1 is 1.11 bits per heavy atom. The van der Waals surface area contributed by atoms with E-state index in [1.165, 1.54) is 36.7 Å². The first-order valence-corrected chi connectivity index (χ1v) is 10.2. The van der Waals surface area contributed by atoms with E-state index in [-0.39, 0.29) is 11.5 Å². The number of aromatic nitrogens is 2. The summed E-state index contributed by atoms with van der Waals surface area (Å²) < 4.78 is 1.78. The fourth-order valence-corrected chi connectivity index (χ4v) is 4.20. The fourth-order valence-electron chi connectivity index (χ4n) is 3.90. The Balaban J connectivity index is 1.62. The number of aromatic amines is 1. The van der Waals surface area contributed by atoms with Gasteiger partial charge in [0.15, 0.2) is 4.77 Å². The maximum Gasteiger partial charge on any atom is 0.266 e. The van der Waals surface area contributed by atoms with E-state index in [4.69, 9.17) is 12.2 Å². The number of nitrogens with one attached hydrogen (secondary N) is 2. The first-order chi connectivity index (χ1) is 13.6. The van der Waals surface area contributed by atoms with Gasteiger partial charge in [0.2, 0.25) is 0 Å². The minimum Gasteiger partial charge on any atom is -0.352 e. The molecular weight excluding hydrogens is 370 g/mol. The Morgan fingerprint density at radius 2 is 1.86 bits per heavy atom. The summed E-state index contributed by atoms with van der Waals surface area (Å²) in [5.41, 5.74) is 1.63. The van der Waals surface area contributed by atoms with Gasteiger partial charge in [-0.3, -0.25) is 14.2 Å². The van der Waals surface area contributed by atoms with Gasteiger partial charge in [0, 0.05) is 12.1 Å². The summed E-state index contributed by atoms with van der Waals surface area (Å²) in [7, 11) is 0. The van der Waals surface area contributed by atoms with Gasteiger partial charge in [-0.25, -0.2) is 0 Å². The summed E-state index contributed by atoms with van der Waals surface area (Å²) in [4.78, 5) is 28.6. The highest BCUT2D eigenvalue weighted by atomic mass is 32.1. The van der Waals surface area contributed by atoms with Crippen LogP contribution in [-0.2, 0) is 0 Å². The molecule has 4 rings (SSSR count). The Bertz CT molecular complexity index is 1110. The van der Waals surface area contributed by atoms with Crippen LogP contribution in [0.4, 0.5) is 0 Å². The van der Waals surface area contributed by atoms with Gasteiger partial charge in [-0.2, -0.15) is 0 Å². The van der Waals surface area contributed by atoms with Crippen LogP contribution in [-0.4, -0.2) is 22.0 Å². The van der Waals surface area contributed by atoms with Crippen LogP contribution >= 0.6 is 12.2 Å². The number of rotatable bonds is 4. The van der Waals surface area contributed by atoms with Gasteiger partial charge in [0.1, 0.15) is 0 Å². The summed E-state index contributed by atoms with van der Waals surface area (Å²) in [6.07, 6.45) is 6.17. The summed E-state index contributed by atoms with van der Waals surface area (Å²) in [6, 6.07) is 14.4. The zero-order valence-electron chi connectivity index (χ0n) is 15.6. The van der Waals surface area contributed by atoms with Crippen LogP contribution in [0.15, 0.2) is 53.3 Å². The van der Waals surface area contributed by atoms with E-state index in [0.717, 1.165) is 0 Å². The minimum atomic E-state index is -0.195. The quantitative estimate of drug-likeness (QED) is 0.647. The molecule has 0 saturated heterocycles. The number of carbonyl (C=O) groups excluding carboxylic acids is 1. The monoisotopic (exact) mass is 393 g/mol. The Hall–Kier alpha value is -2.73. The highest BCUT2D eigenvalue weighted by Gasteiger charge is 2.16. The van der Waals surface area contributed by atoms with Gasteiger partial charge < -0.3 is 10.3 Å². The maximum absolute atomic E-state index is 12.9. The first kappa shape index (κ1) is 18.6. The van der Waals surface area contributed by atoms with Crippen molar-refractivity contribution < 1.29 is 4.79 Å². The van der Waals surface area contributed by atoms with Crippen molar-refractivity contribution >= 4 is 29.0 Å². The molecule has 1 aliphatic carbocycles. The lowest BCUT2D eigenvalue weighted by Gasteiger charge is -2.21. The molecule has 2 aromatic carbocycles. The van der Waals surface area contributed by atoms with Crippen molar-refractivity contribution in [2.24, 2.45) is 5.92 Å². The van der Waals surface area contributed by atoms with Crippen LogP contribution in [0.1, 0.15) is 42.5 Å². The highest BCUT2D eigenvalue weighted by molar-refractivity contribution is 7.71. The molecule has 1 amide bonds. The van der Waals surface area contributed by atoms with Crippen molar-refractivity contribution in [1.82, 2.24) is 14.9 Å². The van der Waals surface area contributed by atoms with Crippen molar-refractivity contribution in [3.05, 3.63) is 69.2 Å². The lowest BCUT2D eigenvalue weighted by Crippen LogP contribution is -2.30. The molecule has 1 fully saturated rings. The van der Waals surface area contributed by atoms with Gasteiger partial charge in [-0.1, -0.05) is 37.5 Å². The van der Waals surface area contributed by atoms with E-state index >= 15 is 0 Å². The van der Waals surface area contributed by atoms with Crippen molar-refractivity contribution in [3.8, 4) is 5.69 Å². The third kappa shape index (κ3) is 3.78. The van der Waals surface area contributed by atoms with Crippen molar-refractivity contribution in [2.75, 3.05) is 6.54 Å². The lowest BCUT2D eigenvalue weighted by atomic mass is 9.89. The van der Waals surface area contributed by atoms with Crippen molar-refractivity contribution in [3.63, 3.8) is 0 Å². The van der Waals surface area contributed by atoms with E-state index in [0.29, 0.717) is 39.4 Å². The maximum atomic E-state index is 12.9. The normalized spacial score (nSPS) is 14.9. The SMILES string of the molecule is O=C(NCC1CCCCC1)c1ccc2c(=O)n(-c3ccccc3)c(=S)[nH]c2c1. The molecule has 6 heteroatoms. The largest absolute Gasteiger partial charge is 0.352 e. The molecular formula is C22H23N3O2S. The molecule has 5 nitrogen and oxygen atoms in total. The van der Waals surface area contributed by atoms with E-state index in [1.807, 2.05) is 30.3 Å². The zero-order chi connectivity index (χ0) is 19.5. The second-order valence-electron chi connectivity index (χ2n) is 7.38. The van der Waals surface area contributed by atoms with Crippen molar-refractivity contribution in [1.29, 1.82) is 0 Å². The number of para-hydroxylation sites is 1. The number of amides is 1. The van der Waals surface area contributed by atoms with E-state index in [1.54, 1.807) is 18.2 Å². The van der Waals surface area contributed by atoms with Crippen LogP contribution in [0.5, 0.6) is 0 Å². The Morgan fingerprint density at radius 3 is 2.61 bits per heavy atom. The topological polar surface area (TPSA) is 66.9 Å². The average Bonchev–Trinajstić information content (AvgIpc) is 2.73. The summed E-state index contributed by atoms with van der Waals surface area (Å²) in [6.45, 7) is 0.711. The number of benzene rings is 2. The lowest BCUT2D eigenvalue weighted by molar-refractivity contribution is 0.0943. The van der Waals surface area contributed by atoms with Gasteiger partial charge in [-0.15, -0.1) is 0 Å². The standard InChI is InChI=1S/C22H23N3O2S/c26-20(23-14-15-7-3-1-4-8-15)16-11-12-18-19(13-16)24-22(28)25(21(18)27)17-9-5-2-6-10-17/h2,5-6,9-13,15H,1,3-4,7-8,14H2,(H,23,26)(H,24,28). The second kappa shape index (κ2) is 8.10. The van der Waals surface area contributed by atoms with Gasteiger partial charge in [0.05, 0.1) is 16.6 Å². The molecule has 0 unspecified atom stereocenters. The molecule has 1 heterocycles. The average molecular weight is 394 g/mol.